The highest BCUT2D eigenvalue weighted by Gasteiger charge is 2.30. The lowest BCUT2D eigenvalue weighted by Crippen LogP contribution is -2.38. The number of likely N-dealkylation sites (tertiary alicyclic amines) is 1. The van der Waals surface area contributed by atoms with Crippen LogP contribution in [0.1, 0.15) is 24.8 Å². The predicted octanol–water partition coefficient (Wildman–Crippen LogP) is 2.02. The molecule has 0 aliphatic carbocycles. The first-order valence-electron chi connectivity index (χ1n) is 9.14. The van der Waals surface area contributed by atoms with Gasteiger partial charge in [-0.25, -0.2) is 0 Å². The summed E-state index contributed by atoms with van der Waals surface area (Å²) in [6.07, 6.45) is 3.70. The van der Waals surface area contributed by atoms with Gasteiger partial charge < -0.3 is 20.7 Å². The molecule has 2 heterocycles. The third-order valence-electron chi connectivity index (χ3n) is 5.16. The van der Waals surface area contributed by atoms with Crippen LogP contribution in [0, 0.1) is 5.92 Å². The van der Waals surface area contributed by atoms with Crippen LogP contribution in [0.2, 0.25) is 0 Å². The van der Waals surface area contributed by atoms with E-state index in [-0.39, 0.29) is 42.9 Å². The lowest BCUT2D eigenvalue weighted by molar-refractivity contribution is -0.132. The molecule has 1 amide bonds. The minimum absolute atomic E-state index is 0. The van der Waals surface area contributed by atoms with Crippen molar-refractivity contribution in [1.29, 1.82) is 0 Å². The molecule has 1 unspecified atom stereocenters. The molecule has 2 aliphatic heterocycles. The molecule has 3 rings (SSSR count). The molecule has 0 bridgehead atoms. The number of rotatable bonds is 7. The highest BCUT2D eigenvalue weighted by molar-refractivity contribution is 5.85. The number of nitrogens with one attached hydrogen (secondary N) is 1. The van der Waals surface area contributed by atoms with E-state index in [1.165, 1.54) is 5.56 Å². The molecule has 1 aromatic rings. The number of hydrogen-bond acceptors (Lipinski definition) is 4. The Labute approximate surface area is 168 Å². The van der Waals surface area contributed by atoms with Gasteiger partial charge in [0.15, 0.2) is 0 Å². The number of carbonyl (C=O) groups excluding carboxylic acids is 1. The van der Waals surface area contributed by atoms with Gasteiger partial charge in [0.25, 0.3) is 0 Å². The minimum atomic E-state index is -0.297. The maximum Gasteiger partial charge on any atom is 0.249 e. The molecule has 26 heavy (non-hydrogen) atoms. The zero-order valence-electron chi connectivity index (χ0n) is 15.1. The van der Waals surface area contributed by atoms with Crippen molar-refractivity contribution in [2.24, 2.45) is 11.7 Å². The van der Waals surface area contributed by atoms with Crippen molar-refractivity contribution in [1.82, 2.24) is 10.2 Å². The zero-order valence-corrected chi connectivity index (χ0v) is 16.8. The van der Waals surface area contributed by atoms with Gasteiger partial charge in [0.05, 0.1) is 6.10 Å². The van der Waals surface area contributed by atoms with Crippen LogP contribution in [-0.2, 0) is 16.0 Å². The smallest absolute Gasteiger partial charge is 0.249 e. The van der Waals surface area contributed by atoms with E-state index in [2.05, 4.69) is 40.5 Å². The Kier molecular flexibility index (Phi) is 10.5. The van der Waals surface area contributed by atoms with E-state index < -0.39 is 0 Å². The summed E-state index contributed by atoms with van der Waals surface area (Å²) >= 11 is 0. The number of nitrogens with zero attached hydrogens (tertiary/aromatic N) is 1. The van der Waals surface area contributed by atoms with E-state index in [1.807, 2.05) is 0 Å². The number of benzene rings is 1. The van der Waals surface area contributed by atoms with Crippen LogP contribution in [0.25, 0.3) is 0 Å². The fourth-order valence-corrected chi connectivity index (χ4v) is 3.65. The number of amides is 1. The van der Waals surface area contributed by atoms with Crippen molar-refractivity contribution in [2.45, 2.75) is 37.9 Å². The zero-order chi connectivity index (χ0) is 16.8. The Morgan fingerprint density at radius 1 is 1.19 bits per heavy atom. The Balaban J connectivity index is 0.00000169. The summed E-state index contributed by atoms with van der Waals surface area (Å²) in [6, 6.07) is 10.6. The van der Waals surface area contributed by atoms with Crippen molar-refractivity contribution >= 4 is 30.7 Å². The van der Waals surface area contributed by atoms with E-state index in [9.17, 15) is 4.79 Å². The summed E-state index contributed by atoms with van der Waals surface area (Å²) in [4.78, 5) is 14.7. The normalized spacial score (nSPS) is 25.3. The highest BCUT2D eigenvalue weighted by atomic mass is 35.5. The number of halogens is 2. The Morgan fingerprint density at radius 3 is 2.65 bits per heavy atom. The summed E-state index contributed by atoms with van der Waals surface area (Å²) in [6.45, 7) is 4.56. The van der Waals surface area contributed by atoms with Crippen LogP contribution in [0.15, 0.2) is 30.3 Å². The van der Waals surface area contributed by atoms with Gasteiger partial charge >= 0.3 is 0 Å². The maximum atomic E-state index is 12.2. The van der Waals surface area contributed by atoms with Crippen LogP contribution in [0.4, 0.5) is 0 Å². The van der Waals surface area contributed by atoms with Crippen LogP contribution in [0.5, 0.6) is 0 Å². The number of carbonyl (C=O) groups is 1. The largest absolute Gasteiger partial charge is 0.364 e. The van der Waals surface area contributed by atoms with Gasteiger partial charge in [0.2, 0.25) is 5.91 Å². The summed E-state index contributed by atoms with van der Waals surface area (Å²) < 4.78 is 5.65. The second kappa shape index (κ2) is 11.8. The lowest BCUT2D eigenvalue weighted by Gasteiger charge is -2.17. The molecule has 2 saturated heterocycles. The molecule has 0 aromatic heterocycles. The standard InChI is InChI=1S/C19H29N3O2.2ClH/c20-12-17-6-7-18(24-17)19(23)21-13-16-9-11-22(14-16)10-8-15-4-2-1-3-5-15;;/h1-5,16-18H,6-14,20H2,(H,21,23);2*1H/t16?,17-,18+;;/m1../s1. The van der Waals surface area contributed by atoms with Crippen LogP contribution >= 0.6 is 24.8 Å². The first-order chi connectivity index (χ1) is 11.7. The molecule has 7 heteroatoms. The second-order valence-electron chi connectivity index (χ2n) is 7.00. The molecule has 0 spiro atoms. The molecular formula is C19H31Cl2N3O2. The molecular weight excluding hydrogens is 373 g/mol. The molecule has 148 valence electrons. The second-order valence-corrected chi connectivity index (χ2v) is 7.00. The maximum absolute atomic E-state index is 12.2. The summed E-state index contributed by atoms with van der Waals surface area (Å²) in [5.41, 5.74) is 6.98. The Hall–Kier alpha value is -0.850. The van der Waals surface area contributed by atoms with Crippen LogP contribution < -0.4 is 11.1 Å². The van der Waals surface area contributed by atoms with Crippen molar-refractivity contribution in [3.8, 4) is 0 Å². The van der Waals surface area contributed by atoms with Gasteiger partial charge in [-0.1, -0.05) is 30.3 Å². The summed E-state index contributed by atoms with van der Waals surface area (Å²) in [5, 5.41) is 3.07. The topological polar surface area (TPSA) is 67.6 Å². The van der Waals surface area contributed by atoms with Gasteiger partial charge in [0.1, 0.15) is 6.10 Å². The first kappa shape index (κ1) is 23.2. The summed E-state index contributed by atoms with van der Waals surface area (Å²) in [7, 11) is 0. The predicted molar refractivity (Wildman–Crippen MR) is 109 cm³/mol. The fraction of sp³-hybridized carbons (Fsp3) is 0.632. The van der Waals surface area contributed by atoms with Gasteiger partial charge in [-0.05, 0) is 43.7 Å². The van der Waals surface area contributed by atoms with E-state index in [0.717, 1.165) is 51.9 Å². The first-order valence-corrected chi connectivity index (χ1v) is 9.14. The molecule has 5 nitrogen and oxygen atoms in total. The van der Waals surface area contributed by atoms with E-state index >= 15 is 0 Å². The number of ether oxygens (including phenoxy) is 1. The lowest BCUT2D eigenvalue weighted by atomic mass is 10.1. The fourth-order valence-electron chi connectivity index (χ4n) is 3.65. The van der Waals surface area contributed by atoms with Crippen molar-refractivity contribution in [3.05, 3.63) is 35.9 Å². The van der Waals surface area contributed by atoms with Crippen LogP contribution in [0.3, 0.4) is 0 Å². The van der Waals surface area contributed by atoms with Crippen molar-refractivity contribution in [3.63, 3.8) is 0 Å². The molecule has 3 atom stereocenters. The summed E-state index contributed by atoms with van der Waals surface area (Å²) in [5.74, 6) is 0.588. The molecule has 0 saturated carbocycles. The molecule has 0 radical (unpaired) electrons. The van der Waals surface area contributed by atoms with E-state index in [4.69, 9.17) is 10.5 Å². The SMILES string of the molecule is Cl.Cl.NC[C@H]1CC[C@@H](C(=O)NCC2CCN(CCc3ccccc3)C2)O1. The highest BCUT2D eigenvalue weighted by Crippen LogP contribution is 2.20. The third kappa shape index (κ3) is 6.71. The number of nitrogens with two attached hydrogens (primary N) is 1. The minimum Gasteiger partial charge on any atom is -0.364 e. The van der Waals surface area contributed by atoms with Crippen molar-refractivity contribution in [2.75, 3.05) is 32.7 Å². The molecule has 1 aromatic carbocycles. The number of hydrogen-bond donors (Lipinski definition) is 2. The van der Waals surface area contributed by atoms with E-state index in [0.29, 0.717) is 12.5 Å². The quantitative estimate of drug-likeness (QED) is 0.730. The van der Waals surface area contributed by atoms with Gasteiger partial charge in [-0.3, -0.25) is 4.79 Å². The van der Waals surface area contributed by atoms with Gasteiger partial charge in [-0.15, -0.1) is 24.8 Å². The average Bonchev–Trinajstić information content (AvgIpc) is 3.28. The van der Waals surface area contributed by atoms with Gasteiger partial charge in [-0.2, -0.15) is 0 Å². The Bertz CT molecular complexity index is 533. The van der Waals surface area contributed by atoms with Crippen LogP contribution in [-0.4, -0.2) is 55.7 Å². The Morgan fingerprint density at radius 2 is 1.96 bits per heavy atom. The average molecular weight is 404 g/mol. The monoisotopic (exact) mass is 403 g/mol. The van der Waals surface area contributed by atoms with E-state index in [1.54, 1.807) is 0 Å². The third-order valence-corrected chi connectivity index (χ3v) is 5.16. The molecule has 2 fully saturated rings. The van der Waals surface area contributed by atoms with Crippen molar-refractivity contribution < 1.29 is 9.53 Å². The molecule has 2 aliphatic rings. The van der Waals surface area contributed by atoms with Gasteiger partial charge in [0, 0.05) is 26.2 Å². The molecule has 3 N–H and O–H groups in total.